The summed E-state index contributed by atoms with van der Waals surface area (Å²) < 4.78 is 46.4. The number of hydrogen-bond donors (Lipinski definition) is 1. The second kappa shape index (κ2) is 4.68. The summed E-state index contributed by atoms with van der Waals surface area (Å²) in [5.74, 6) is -3.68. The maximum atomic E-state index is 14.1. The Kier molecular flexibility index (Phi) is 3.19. The average Bonchev–Trinajstić information content (AvgIpc) is 2.46. The first-order valence-electron chi connectivity index (χ1n) is 7.04. The van der Waals surface area contributed by atoms with Crippen molar-refractivity contribution in [2.24, 2.45) is 10.8 Å². The molecule has 0 atom stereocenters. The van der Waals surface area contributed by atoms with Gasteiger partial charge in [-0.25, -0.2) is 4.39 Å². The van der Waals surface area contributed by atoms with Gasteiger partial charge in [-0.05, 0) is 43.9 Å². The number of ether oxygens (including phenoxy) is 1. The van der Waals surface area contributed by atoms with Crippen LogP contribution in [0.3, 0.4) is 0 Å². The molecule has 21 heavy (non-hydrogen) atoms. The van der Waals surface area contributed by atoms with Crippen molar-refractivity contribution in [3.8, 4) is 11.5 Å². The minimum Gasteiger partial charge on any atom is -0.505 e. The zero-order valence-electron chi connectivity index (χ0n) is 11.8. The fraction of sp³-hybridized carbons (Fsp3) is 0.500. The summed E-state index contributed by atoms with van der Waals surface area (Å²) in [6.45, 7) is 2.02. The van der Waals surface area contributed by atoms with E-state index in [1.165, 1.54) is 6.07 Å². The van der Waals surface area contributed by atoms with Crippen LogP contribution in [-0.2, 0) is 0 Å². The van der Waals surface area contributed by atoms with Gasteiger partial charge in [0.15, 0.2) is 11.5 Å². The quantitative estimate of drug-likeness (QED) is 0.891. The molecule has 0 spiro atoms. The number of halogens is 3. The molecule has 3 aliphatic rings. The first-order chi connectivity index (χ1) is 9.85. The molecular formula is C16H17F3O2. The standard InChI is InChI=1S/C16H17F3O2/c1-15-4-6-16(7-5-15,8-12(15)17)9-21-11-3-2-10(20)13(18)14(11)19/h2-3,8,20H,4-7,9H2,1H3. The molecule has 4 rings (SSSR count). The number of allylic oxidation sites excluding steroid dienone is 1. The molecule has 1 fully saturated rings. The van der Waals surface area contributed by atoms with Gasteiger partial charge in [0, 0.05) is 10.8 Å². The highest BCUT2D eigenvalue weighted by Gasteiger charge is 2.47. The van der Waals surface area contributed by atoms with E-state index in [1.54, 1.807) is 6.08 Å². The van der Waals surface area contributed by atoms with E-state index in [1.807, 2.05) is 6.92 Å². The number of fused-ring (bicyclic) bond motifs is 2. The SMILES string of the molecule is CC12CCC(COc3ccc(O)c(F)c3F)(C=C1F)CC2. The molecule has 0 saturated heterocycles. The molecule has 1 aromatic rings. The number of rotatable bonds is 3. The second-order valence-corrected chi connectivity index (χ2v) is 6.41. The van der Waals surface area contributed by atoms with E-state index < -0.39 is 22.8 Å². The van der Waals surface area contributed by atoms with Crippen LogP contribution in [0.15, 0.2) is 24.0 Å². The summed E-state index contributed by atoms with van der Waals surface area (Å²) in [6.07, 6.45) is 4.63. The van der Waals surface area contributed by atoms with E-state index in [9.17, 15) is 13.2 Å². The van der Waals surface area contributed by atoms with Gasteiger partial charge in [0.05, 0.1) is 6.61 Å². The van der Waals surface area contributed by atoms with Gasteiger partial charge in [0.25, 0.3) is 0 Å². The molecule has 1 N–H and O–H groups in total. The largest absolute Gasteiger partial charge is 0.505 e. The minimum atomic E-state index is -1.33. The number of aromatic hydroxyl groups is 1. The Hall–Kier alpha value is -1.65. The monoisotopic (exact) mass is 298 g/mol. The number of phenols is 1. The molecule has 0 amide bonds. The van der Waals surface area contributed by atoms with Crippen LogP contribution in [-0.4, -0.2) is 11.7 Å². The number of hydrogen-bond acceptors (Lipinski definition) is 2. The highest BCUT2D eigenvalue weighted by Crippen LogP contribution is 2.56. The van der Waals surface area contributed by atoms with Crippen molar-refractivity contribution >= 4 is 0 Å². The van der Waals surface area contributed by atoms with E-state index in [-0.39, 0.29) is 23.6 Å². The third kappa shape index (κ3) is 2.28. The summed E-state index contributed by atoms with van der Waals surface area (Å²) in [7, 11) is 0. The van der Waals surface area contributed by atoms with Crippen molar-refractivity contribution in [3.63, 3.8) is 0 Å². The molecule has 1 aromatic carbocycles. The molecule has 0 aromatic heterocycles. The van der Waals surface area contributed by atoms with Crippen LogP contribution in [0.25, 0.3) is 0 Å². The topological polar surface area (TPSA) is 29.5 Å². The number of benzene rings is 1. The van der Waals surface area contributed by atoms with E-state index in [0.29, 0.717) is 0 Å². The lowest BCUT2D eigenvalue weighted by atomic mass is 9.58. The van der Waals surface area contributed by atoms with Crippen LogP contribution in [0.1, 0.15) is 32.6 Å². The summed E-state index contributed by atoms with van der Waals surface area (Å²) in [5, 5.41) is 9.08. The van der Waals surface area contributed by atoms with Crippen LogP contribution >= 0.6 is 0 Å². The van der Waals surface area contributed by atoms with Crippen LogP contribution in [0, 0.1) is 22.5 Å². The molecular weight excluding hydrogens is 281 g/mol. The summed E-state index contributed by atoms with van der Waals surface area (Å²) >= 11 is 0. The minimum absolute atomic E-state index is 0.109. The molecule has 5 heteroatoms. The first-order valence-corrected chi connectivity index (χ1v) is 7.04. The molecule has 1 saturated carbocycles. The molecule has 0 radical (unpaired) electrons. The fourth-order valence-corrected chi connectivity index (χ4v) is 3.17. The zero-order chi connectivity index (χ0) is 15.3. The summed E-state index contributed by atoms with van der Waals surface area (Å²) in [5.41, 5.74) is -0.805. The zero-order valence-corrected chi connectivity index (χ0v) is 11.8. The average molecular weight is 298 g/mol. The van der Waals surface area contributed by atoms with Gasteiger partial charge >= 0.3 is 0 Å². The Labute approximate surface area is 121 Å². The summed E-state index contributed by atoms with van der Waals surface area (Å²) in [6, 6.07) is 2.22. The highest BCUT2D eigenvalue weighted by molar-refractivity contribution is 5.34. The molecule has 0 unspecified atom stereocenters. The normalized spacial score (nSPS) is 31.1. The van der Waals surface area contributed by atoms with Crippen LogP contribution < -0.4 is 4.74 Å². The second-order valence-electron chi connectivity index (χ2n) is 6.41. The van der Waals surface area contributed by atoms with Gasteiger partial charge < -0.3 is 9.84 Å². The van der Waals surface area contributed by atoms with E-state index in [0.717, 1.165) is 31.7 Å². The Morgan fingerprint density at radius 3 is 2.38 bits per heavy atom. The smallest absolute Gasteiger partial charge is 0.204 e. The lowest BCUT2D eigenvalue weighted by molar-refractivity contribution is 0.0550. The van der Waals surface area contributed by atoms with Crippen LogP contribution in [0.5, 0.6) is 11.5 Å². The maximum Gasteiger partial charge on any atom is 0.204 e. The van der Waals surface area contributed by atoms with E-state index >= 15 is 0 Å². The van der Waals surface area contributed by atoms with Gasteiger partial charge in [0.2, 0.25) is 11.6 Å². The Morgan fingerprint density at radius 2 is 1.76 bits per heavy atom. The van der Waals surface area contributed by atoms with Gasteiger partial charge in [0.1, 0.15) is 5.83 Å². The van der Waals surface area contributed by atoms with Crippen LogP contribution in [0.4, 0.5) is 13.2 Å². The lowest BCUT2D eigenvalue weighted by Crippen LogP contribution is -2.41. The van der Waals surface area contributed by atoms with Crippen molar-refractivity contribution < 1.29 is 23.0 Å². The van der Waals surface area contributed by atoms with Gasteiger partial charge in [-0.1, -0.05) is 6.92 Å². The highest BCUT2D eigenvalue weighted by atomic mass is 19.2. The van der Waals surface area contributed by atoms with Crippen molar-refractivity contribution in [3.05, 3.63) is 35.7 Å². The predicted molar refractivity (Wildman–Crippen MR) is 71.7 cm³/mol. The summed E-state index contributed by atoms with van der Waals surface area (Å²) in [4.78, 5) is 0. The molecule has 0 heterocycles. The number of phenolic OH excluding ortho intramolecular Hbond substituents is 1. The Morgan fingerprint density at radius 1 is 1.10 bits per heavy atom. The molecule has 2 bridgehead atoms. The molecule has 2 nitrogen and oxygen atoms in total. The van der Waals surface area contributed by atoms with Crippen molar-refractivity contribution in [1.29, 1.82) is 0 Å². The first kappa shape index (κ1) is 14.3. The molecule has 3 aliphatic carbocycles. The Bertz CT molecular complexity index is 602. The van der Waals surface area contributed by atoms with E-state index in [4.69, 9.17) is 9.84 Å². The lowest BCUT2D eigenvalue weighted by Gasteiger charge is -2.48. The van der Waals surface area contributed by atoms with E-state index in [2.05, 4.69) is 0 Å². The third-order valence-corrected chi connectivity index (χ3v) is 4.90. The third-order valence-electron chi connectivity index (χ3n) is 4.90. The van der Waals surface area contributed by atoms with Gasteiger partial charge in [-0.2, -0.15) is 8.78 Å². The van der Waals surface area contributed by atoms with Gasteiger partial charge in [-0.3, -0.25) is 0 Å². The molecule has 114 valence electrons. The molecule has 0 aliphatic heterocycles. The maximum absolute atomic E-state index is 14.1. The van der Waals surface area contributed by atoms with Crippen LogP contribution in [0.2, 0.25) is 0 Å². The van der Waals surface area contributed by atoms with Crippen molar-refractivity contribution in [2.45, 2.75) is 32.6 Å². The predicted octanol–water partition coefficient (Wildman–Crippen LogP) is 4.48. The van der Waals surface area contributed by atoms with Crippen molar-refractivity contribution in [1.82, 2.24) is 0 Å². The van der Waals surface area contributed by atoms with Crippen molar-refractivity contribution in [2.75, 3.05) is 6.61 Å². The Balaban J connectivity index is 1.79. The fourth-order valence-electron chi connectivity index (χ4n) is 3.17. The van der Waals surface area contributed by atoms with Gasteiger partial charge in [-0.15, -0.1) is 0 Å².